The molecular formula is C12H17NO4S. The molecule has 1 heterocycles. The zero-order chi connectivity index (χ0) is 13.2. The van der Waals surface area contributed by atoms with Gasteiger partial charge in [0.2, 0.25) is 10.0 Å². The summed E-state index contributed by atoms with van der Waals surface area (Å²) in [6.07, 6.45) is -1.51. The molecule has 0 saturated carbocycles. The monoisotopic (exact) mass is 271 g/mol. The molecule has 0 aromatic heterocycles. The predicted octanol–water partition coefficient (Wildman–Crippen LogP) is -0.404. The van der Waals surface area contributed by atoms with E-state index in [4.69, 9.17) is 0 Å². The van der Waals surface area contributed by atoms with Gasteiger partial charge in [-0.3, -0.25) is 0 Å². The summed E-state index contributed by atoms with van der Waals surface area (Å²) in [5, 5.41) is 18.7. The summed E-state index contributed by atoms with van der Waals surface area (Å²) in [5.74, 6) is -0.00352. The zero-order valence-corrected chi connectivity index (χ0v) is 10.8. The molecule has 5 nitrogen and oxygen atoms in total. The number of rotatable bonds is 4. The minimum atomic E-state index is -3.41. The Morgan fingerprint density at radius 2 is 1.67 bits per heavy atom. The molecule has 0 bridgehead atoms. The maximum absolute atomic E-state index is 12.0. The average Bonchev–Trinajstić information content (AvgIpc) is 2.70. The molecule has 1 fully saturated rings. The molecule has 6 heteroatoms. The molecule has 0 spiro atoms. The fourth-order valence-electron chi connectivity index (χ4n) is 1.98. The molecule has 0 radical (unpaired) electrons. The zero-order valence-electron chi connectivity index (χ0n) is 9.94. The van der Waals surface area contributed by atoms with Gasteiger partial charge in [-0.05, 0) is 12.0 Å². The standard InChI is InChI=1S/C12H17NO4S/c14-11-8-13(9-12(11)15)18(16,17)7-6-10-4-2-1-3-5-10/h1-5,11-12,14-15H,6-9H2. The van der Waals surface area contributed by atoms with Gasteiger partial charge in [0.05, 0.1) is 18.0 Å². The number of β-amino-alcohol motifs (C(OH)–C–C–N with tert-alkyl or cyclic N) is 2. The van der Waals surface area contributed by atoms with E-state index in [0.717, 1.165) is 9.87 Å². The first-order valence-electron chi connectivity index (χ1n) is 5.87. The number of aliphatic hydroxyl groups excluding tert-OH is 2. The summed E-state index contributed by atoms with van der Waals surface area (Å²) in [4.78, 5) is 0. The lowest BCUT2D eigenvalue weighted by atomic mass is 10.2. The van der Waals surface area contributed by atoms with E-state index < -0.39 is 22.2 Å². The third kappa shape index (κ3) is 3.08. The number of sulfonamides is 1. The van der Waals surface area contributed by atoms with E-state index in [1.54, 1.807) is 0 Å². The second-order valence-corrected chi connectivity index (χ2v) is 6.59. The van der Waals surface area contributed by atoms with Crippen LogP contribution in [0.5, 0.6) is 0 Å². The van der Waals surface area contributed by atoms with Gasteiger partial charge < -0.3 is 10.2 Å². The van der Waals surface area contributed by atoms with Gasteiger partial charge in [-0.25, -0.2) is 8.42 Å². The molecule has 0 aliphatic carbocycles. The normalized spacial score (nSPS) is 25.4. The van der Waals surface area contributed by atoms with Crippen LogP contribution in [0.25, 0.3) is 0 Å². The van der Waals surface area contributed by atoms with Crippen molar-refractivity contribution in [3.8, 4) is 0 Å². The smallest absolute Gasteiger partial charge is 0.214 e. The van der Waals surface area contributed by atoms with Gasteiger partial charge in [0.25, 0.3) is 0 Å². The Morgan fingerprint density at radius 3 is 2.22 bits per heavy atom. The predicted molar refractivity (Wildman–Crippen MR) is 67.5 cm³/mol. The van der Waals surface area contributed by atoms with Crippen molar-refractivity contribution in [3.63, 3.8) is 0 Å². The summed E-state index contributed by atoms with van der Waals surface area (Å²) in [6, 6.07) is 9.37. The number of aliphatic hydroxyl groups is 2. The first-order chi connectivity index (χ1) is 8.49. The third-order valence-electron chi connectivity index (χ3n) is 3.11. The topological polar surface area (TPSA) is 77.8 Å². The van der Waals surface area contributed by atoms with Crippen molar-refractivity contribution in [2.75, 3.05) is 18.8 Å². The van der Waals surface area contributed by atoms with E-state index in [0.29, 0.717) is 6.42 Å². The van der Waals surface area contributed by atoms with Crippen molar-refractivity contribution in [3.05, 3.63) is 35.9 Å². The van der Waals surface area contributed by atoms with Crippen molar-refractivity contribution in [2.24, 2.45) is 0 Å². The molecule has 100 valence electrons. The molecule has 1 saturated heterocycles. The van der Waals surface area contributed by atoms with Crippen LogP contribution < -0.4 is 0 Å². The lowest BCUT2D eigenvalue weighted by molar-refractivity contribution is 0.0572. The Hall–Kier alpha value is -0.950. The molecule has 2 N–H and O–H groups in total. The van der Waals surface area contributed by atoms with Crippen LogP contribution in [0.1, 0.15) is 5.56 Å². The number of nitrogens with zero attached hydrogens (tertiary/aromatic N) is 1. The Bertz CT molecular complexity index is 478. The van der Waals surface area contributed by atoms with Crippen LogP contribution in [0, 0.1) is 0 Å². The van der Waals surface area contributed by atoms with Crippen LogP contribution in [-0.4, -0.2) is 54.0 Å². The van der Waals surface area contributed by atoms with E-state index in [9.17, 15) is 18.6 Å². The molecule has 2 atom stereocenters. The van der Waals surface area contributed by atoms with Crippen LogP contribution in [0.2, 0.25) is 0 Å². The maximum Gasteiger partial charge on any atom is 0.214 e. The lowest BCUT2D eigenvalue weighted by Gasteiger charge is -2.15. The van der Waals surface area contributed by atoms with E-state index >= 15 is 0 Å². The van der Waals surface area contributed by atoms with E-state index in [-0.39, 0.29) is 18.8 Å². The Labute approximate surface area is 107 Å². The van der Waals surface area contributed by atoms with Gasteiger partial charge in [-0.2, -0.15) is 4.31 Å². The van der Waals surface area contributed by atoms with Gasteiger partial charge in [-0.1, -0.05) is 30.3 Å². The Balaban J connectivity index is 1.96. The number of hydrogen-bond donors (Lipinski definition) is 2. The molecule has 1 aromatic carbocycles. The summed E-state index contributed by atoms with van der Waals surface area (Å²) in [6.45, 7) is -0.0312. The quantitative estimate of drug-likeness (QED) is 0.781. The van der Waals surface area contributed by atoms with Crippen LogP contribution in [0.3, 0.4) is 0 Å². The Morgan fingerprint density at radius 1 is 1.11 bits per heavy atom. The van der Waals surface area contributed by atoms with Crippen molar-refractivity contribution < 1.29 is 18.6 Å². The highest BCUT2D eigenvalue weighted by Crippen LogP contribution is 2.15. The molecule has 1 aliphatic rings. The van der Waals surface area contributed by atoms with Gasteiger partial charge in [0, 0.05) is 13.1 Å². The van der Waals surface area contributed by atoms with E-state index in [2.05, 4.69) is 0 Å². The van der Waals surface area contributed by atoms with Crippen LogP contribution in [0.15, 0.2) is 30.3 Å². The molecule has 2 rings (SSSR count). The minimum absolute atomic E-state index is 0.00352. The fourth-order valence-corrected chi connectivity index (χ4v) is 3.49. The lowest BCUT2D eigenvalue weighted by Crippen LogP contribution is -2.32. The van der Waals surface area contributed by atoms with Crippen LogP contribution in [-0.2, 0) is 16.4 Å². The Kier molecular flexibility index (Phi) is 4.01. The van der Waals surface area contributed by atoms with E-state index in [1.165, 1.54) is 0 Å². The van der Waals surface area contributed by atoms with Crippen LogP contribution in [0.4, 0.5) is 0 Å². The number of hydrogen-bond acceptors (Lipinski definition) is 4. The second kappa shape index (κ2) is 5.36. The van der Waals surface area contributed by atoms with E-state index in [1.807, 2.05) is 30.3 Å². The van der Waals surface area contributed by atoms with Crippen LogP contribution >= 0.6 is 0 Å². The maximum atomic E-state index is 12.0. The van der Waals surface area contributed by atoms with Gasteiger partial charge in [-0.15, -0.1) is 0 Å². The first-order valence-corrected chi connectivity index (χ1v) is 7.48. The van der Waals surface area contributed by atoms with Gasteiger partial charge in [0.15, 0.2) is 0 Å². The minimum Gasteiger partial charge on any atom is -0.389 e. The SMILES string of the molecule is O=S(=O)(CCc1ccccc1)N1CC(O)C(O)C1. The first kappa shape index (κ1) is 13.5. The third-order valence-corrected chi connectivity index (χ3v) is 4.92. The van der Waals surface area contributed by atoms with Crippen molar-refractivity contribution in [1.29, 1.82) is 0 Å². The van der Waals surface area contributed by atoms with Crippen molar-refractivity contribution in [1.82, 2.24) is 4.31 Å². The number of aryl methyl sites for hydroxylation is 1. The van der Waals surface area contributed by atoms with Crippen molar-refractivity contribution >= 4 is 10.0 Å². The fraction of sp³-hybridized carbons (Fsp3) is 0.500. The molecule has 1 aromatic rings. The highest BCUT2D eigenvalue weighted by atomic mass is 32.2. The molecule has 0 amide bonds. The summed E-state index contributed by atoms with van der Waals surface area (Å²) in [5.41, 5.74) is 0.960. The second-order valence-electron chi connectivity index (χ2n) is 4.50. The highest BCUT2D eigenvalue weighted by Gasteiger charge is 2.36. The van der Waals surface area contributed by atoms with Gasteiger partial charge in [0.1, 0.15) is 0 Å². The highest BCUT2D eigenvalue weighted by molar-refractivity contribution is 7.89. The number of benzene rings is 1. The van der Waals surface area contributed by atoms with Crippen molar-refractivity contribution in [2.45, 2.75) is 18.6 Å². The summed E-state index contributed by atoms with van der Waals surface area (Å²) < 4.78 is 25.2. The molecule has 18 heavy (non-hydrogen) atoms. The average molecular weight is 271 g/mol. The summed E-state index contributed by atoms with van der Waals surface area (Å²) in [7, 11) is -3.41. The molecule has 1 aliphatic heterocycles. The van der Waals surface area contributed by atoms with Gasteiger partial charge >= 0.3 is 0 Å². The largest absolute Gasteiger partial charge is 0.389 e. The summed E-state index contributed by atoms with van der Waals surface area (Å²) >= 11 is 0. The molecule has 2 unspecified atom stereocenters. The molecular weight excluding hydrogens is 254 g/mol.